The van der Waals surface area contributed by atoms with Crippen molar-refractivity contribution in [3.8, 4) is 0 Å². The molecule has 1 aromatic rings. The van der Waals surface area contributed by atoms with Gasteiger partial charge in [0, 0.05) is 0 Å². The summed E-state index contributed by atoms with van der Waals surface area (Å²) < 4.78 is 0. The van der Waals surface area contributed by atoms with E-state index in [0.717, 1.165) is 25.3 Å². The Bertz CT molecular complexity index is 291. The highest BCUT2D eigenvalue weighted by atomic mass is 14.5. The molecule has 2 N–H and O–H groups in total. The molecular formula is C15H25N. The van der Waals surface area contributed by atoms with E-state index in [0.29, 0.717) is 0 Å². The van der Waals surface area contributed by atoms with Gasteiger partial charge in [-0.2, -0.15) is 0 Å². The molecular weight excluding hydrogens is 194 g/mol. The zero-order chi connectivity index (χ0) is 11.8. The third-order valence-electron chi connectivity index (χ3n) is 2.91. The van der Waals surface area contributed by atoms with Crippen LogP contribution in [0, 0.1) is 5.92 Å². The van der Waals surface area contributed by atoms with E-state index in [1.54, 1.807) is 0 Å². The fraction of sp³-hybridized carbons (Fsp3) is 0.600. The van der Waals surface area contributed by atoms with Crippen molar-refractivity contribution in [2.45, 2.75) is 46.0 Å². The molecule has 1 heteroatoms. The van der Waals surface area contributed by atoms with Crippen LogP contribution in [0.5, 0.6) is 0 Å². The van der Waals surface area contributed by atoms with Gasteiger partial charge in [0.15, 0.2) is 0 Å². The van der Waals surface area contributed by atoms with Crippen LogP contribution in [0.25, 0.3) is 0 Å². The number of rotatable bonds is 7. The van der Waals surface area contributed by atoms with E-state index >= 15 is 0 Å². The molecule has 0 amide bonds. The van der Waals surface area contributed by atoms with Crippen molar-refractivity contribution in [1.82, 2.24) is 0 Å². The molecule has 0 bridgehead atoms. The van der Waals surface area contributed by atoms with E-state index in [9.17, 15) is 0 Å². The quantitative estimate of drug-likeness (QED) is 0.745. The first-order valence-electron chi connectivity index (χ1n) is 6.50. The third kappa shape index (κ3) is 5.32. The molecule has 0 atom stereocenters. The average Bonchev–Trinajstić information content (AvgIpc) is 2.26. The van der Waals surface area contributed by atoms with E-state index in [4.69, 9.17) is 5.73 Å². The molecule has 0 aromatic heterocycles. The molecule has 1 rings (SSSR count). The largest absolute Gasteiger partial charge is 0.330 e. The normalized spacial score (nSPS) is 11.0. The average molecular weight is 219 g/mol. The molecule has 0 fully saturated rings. The van der Waals surface area contributed by atoms with Gasteiger partial charge in [0.25, 0.3) is 0 Å². The van der Waals surface area contributed by atoms with Crippen LogP contribution >= 0.6 is 0 Å². The second-order valence-corrected chi connectivity index (χ2v) is 5.00. The summed E-state index contributed by atoms with van der Waals surface area (Å²) in [5.41, 5.74) is 8.45. The van der Waals surface area contributed by atoms with Crippen molar-refractivity contribution in [3.05, 3.63) is 35.4 Å². The molecule has 0 spiro atoms. The van der Waals surface area contributed by atoms with Crippen LogP contribution in [0.3, 0.4) is 0 Å². The summed E-state index contributed by atoms with van der Waals surface area (Å²) in [5.74, 6) is 0.820. The summed E-state index contributed by atoms with van der Waals surface area (Å²) in [7, 11) is 0. The van der Waals surface area contributed by atoms with Gasteiger partial charge in [0.1, 0.15) is 0 Å². The van der Waals surface area contributed by atoms with Crippen LogP contribution in [0.15, 0.2) is 24.3 Å². The molecule has 90 valence electrons. The van der Waals surface area contributed by atoms with Crippen molar-refractivity contribution in [2.75, 3.05) is 6.54 Å². The van der Waals surface area contributed by atoms with Crippen molar-refractivity contribution in [3.63, 3.8) is 0 Å². The number of hydrogen-bond acceptors (Lipinski definition) is 1. The maximum Gasteiger partial charge on any atom is -0.00741 e. The van der Waals surface area contributed by atoms with Crippen molar-refractivity contribution < 1.29 is 0 Å². The van der Waals surface area contributed by atoms with E-state index in [2.05, 4.69) is 38.1 Å². The zero-order valence-electron chi connectivity index (χ0n) is 10.7. The smallest absolute Gasteiger partial charge is 0.00741 e. The molecule has 0 saturated carbocycles. The van der Waals surface area contributed by atoms with Gasteiger partial charge in [-0.15, -0.1) is 0 Å². The highest BCUT2D eigenvalue weighted by Crippen LogP contribution is 2.12. The standard InChI is InChI=1S/C15H25N/c1-13(2)6-3-7-14-8-4-9-15(12-14)10-5-11-16/h4,8-9,12-13H,3,5-7,10-11,16H2,1-2H3. The molecule has 0 aliphatic heterocycles. The van der Waals surface area contributed by atoms with E-state index < -0.39 is 0 Å². The molecule has 0 unspecified atom stereocenters. The Hall–Kier alpha value is -0.820. The zero-order valence-corrected chi connectivity index (χ0v) is 10.7. The summed E-state index contributed by atoms with van der Waals surface area (Å²) in [6.45, 7) is 5.37. The maximum absolute atomic E-state index is 5.53. The predicted octanol–water partition coefficient (Wildman–Crippen LogP) is 3.56. The molecule has 0 aliphatic rings. The van der Waals surface area contributed by atoms with Gasteiger partial charge < -0.3 is 5.73 Å². The molecule has 16 heavy (non-hydrogen) atoms. The van der Waals surface area contributed by atoms with E-state index in [1.165, 1.54) is 30.4 Å². The van der Waals surface area contributed by atoms with Crippen molar-refractivity contribution in [2.24, 2.45) is 11.7 Å². The number of hydrogen-bond donors (Lipinski definition) is 1. The molecule has 0 aliphatic carbocycles. The first kappa shape index (κ1) is 13.2. The van der Waals surface area contributed by atoms with Gasteiger partial charge in [-0.25, -0.2) is 0 Å². The van der Waals surface area contributed by atoms with E-state index in [-0.39, 0.29) is 0 Å². The number of aryl methyl sites for hydroxylation is 2. The second-order valence-electron chi connectivity index (χ2n) is 5.00. The SMILES string of the molecule is CC(C)CCCc1cccc(CCCN)c1. The first-order chi connectivity index (χ1) is 7.72. The van der Waals surface area contributed by atoms with E-state index in [1.807, 2.05) is 0 Å². The molecule has 1 aromatic carbocycles. The topological polar surface area (TPSA) is 26.0 Å². The monoisotopic (exact) mass is 219 g/mol. The number of nitrogens with two attached hydrogens (primary N) is 1. The summed E-state index contributed by atoms with van der Waals surface area (Å²) in [4.78, 5) is 0. The Morgan fingerprint density at radius 3 is 2.25 bits per heavy atom. The Kier molecular flexibility index (Phi) is 6.17. The maximum atomic E-state index is 5.53. The third-order valence-corrected chi connectivity index (χ3v) is 2.91. The van der Waals surface area contributed by atoms with Crippen LogP contribution in [0.2, 0.25) is 0 Å². The highest BCUT2D eigenvalue weighted by Gasteiger charge is 1.98. The van der Waals surface area contributed by atoms with Gasteiger partial charge >= 0.3 is 0 Å². The number of benzene rings is 1. The minimum Gasteiger partial charge on any atom is -0.330 e. The van der Waals surface area contributed by atoms with Crippen molar-refractivity contribution >= 4 is 0 Å². The molecule has 1 nitrogen and oxygen atoms in total. The fourth-order valence-corrected chi connectivity index (χ4v) is 1.96. The van der Waals surface area contributed by atoms with Gasteiger partial charge in [-0.3, -0.25) is 0 Å². The lowest BCUT2D eigenvalue weighted by Crippen LogP contribution is -2.00. The Labute approximate surface area is 100 Å². The van der Waals surface area contributed by atoms with Crippen LogP contribution in [0.4, 0.5) is 0 Å². The van der Waals surface area contributed by atoms with Crippen molar-refractivity contribution in [1.29, 1.82) is 0 Å². The Morgan fingerprint density at radius 1 is 1.06 bits per heavy atom. The lowest BCUT2D eigenvalue weighted by Gasteiger charge is -2.06. The minimum absolute atomic E-state index is 0.789. The van der Waals surface area contributed by atoms with Gasteiger partial charge in [-0.05, 0) is 49.3 Å². The second kappa shape index (κ2) is 7.45. The molecule has 0 radical (unpaired) electrons. The predicted molar refractivity (Wildman–Crippen MR) is 71.6 cm³/mol. The molecule has 0 heterocycles. The van der Waals surface area contributed by atoms with Gasteiger partial charge in [0.2, 0.25) is 0 Å². The van der Waals surface area contributed by atoms with Crippen LogP contribution < -0.4 is 5.73 Å². The Balaban J connectivity index is 2.40. The van der Waals surface area contributed by atoms with Crippen LogP contribution in [0.1, 0.15) is 44.2 Å². The summed E-state index contributed by atoms with van der Waals surface area (Å²) in [6, 6.07) is 8.97. The fourth-order valence-electron chi connectivity index (χ4n) is 1.96. The first-order valence-corrected chi connectivity index (χ1v) is 6.50. The lowest BCUT2D eigenvalue weighted by atomic mass is 10.00. The Morgan fingerprint density at radius 2 is 1.69 bits per heavy atom. The summed E-state index contributed by atoms with van der Waals surface area (Å²) in [5, 5.41) is 0. The summed E-state index contributed by atoms with van der Waals surface area (Å²) in [6.07, 6.45) is 6.06. The summed E-state index contributed by atoms with van der Waals surface area (Å²) >= 11 is 0. The minimum atomic E-state index is 0.789. The molecule has 0 saturated heterocycles. The van der Waals surface area contributed by atoms with Gasteiger partial charge in [0.05, 0.1) is 0 Å². The van der Waals surface area contributed by atoms with Crippen LogP contribution in [-0.2, 0) is 12.8 Å². The van der Waals surface area contributed by atoms with Crippen LogP contribution in [-0.4, -0.2) is 6.54 Å². The lowest BCUT2D eigenvalue weighted by molar-refractivity contribution is 0.555. The highest BCUT2D eigenvalue weighted by molar-refractivity contribution is 5.23. The van der Waals surface area contributed by atoms with Gasteiger partial charge in [-0.1, -0.05) is 44.5 Å².